The maximum atomic E-state index is 10.0. The van der Waals surface area contributed by atoms with Gasteiger partial charge in [-0.1, -0.05) is 17.3 Å². The maximum Gasteiger partial charge on any atom is 0.184 e. The summed E-state index contributed by atoms with van der Waals surface area (Å²) < 4.78 is 7.53. The maximum absolute atomic E-state index is 10.0. The standard InChI is InChI=1S/C24H28N8O2/c33-20-5-1-3-17(15-20)22-26-23(31-11-13-34-14-12-31)21-24(27-22)32(29-28-21)19-6-9-30(10-7-19)16-18-4-2-8-25-18/h1-5,8,15,19,25,33H,6-7,9-14,16H2. The number of H-pyrrole nitrogens is 1. The first-order chi connectivity index (χ1) is 16.7. The van der Waals surface area contributed by atoms with E-state index >= 15 is 0 Å². The van der Waals surface area contributed by atoms with Crippen molar-refractivity contribution in [3.63, 3.8) is 0 Å². The van der Waals surface area contributed by atoms with Gasteiger partial charge in [0.25, 0.3) is 0 Å². The number of ether oxygens (including phenoxy) is 1. The molecule has 2 fully saturated rings. The first-order valence-corrected chi connectivity index (χ1v) is 11.8. The lowest BCUT2D eigenvalue weighted by atomic mass is 10.1. The SMILES string of the molecule is Oc1cccc(-c2nc(N3CCOCC3)c3nnn(C4CCN(Cc5ccc[nH]5)CC4)c3n2)c1. The second-order valence-electron chi connectivity index (χ2n) is 8.93. The van der Waals surface area contributed by atoms with Crippen molar-refractivity contribution in [3.8, 4) is 17.1 Å². The molecule has 0 unspecified atom stereocenters. The highest BCUT2D eigenvalue weighted by atomic mass is 16.5. The molecule has 6 rings (SSSR count). The highest BCUT2D eigenvalue weighted by molar-refractivity contribution is 5.85. The first-order valence-electron chi connectivity index (χ1n) is 11.8. The molecule has 10 nitrogen and oxygen atoms in total. The third kappa shape index (κ3) is 4.10. The van der Waals surface area contributed by atoms with Gasteiger partial charge in [-0.3, -0.25) is 4.90 Å². The van der Waals surface area contributed by atoms with E-state index in [-0.39, 0.29) is 11.8 Å². The average molecular weight is 461 g/mol. The molecule has 34 heavy (non-hydrogen) atoms. The van der Waals surface area contributed by atoms with E-state index in [1.807, 2.05) is 29.1 Å². The van der Waals surface area contributed by atoms with E-state index in [1.165, 1.54) is 5.69 Å². The zero-order chi connectivity index (χ0) is 22.9. The topological polar surface area (TPSA) is 108 Å². The molecule has 1 aromatic carbocycles. The number of hydrogen-bond acceptors (Lipinski definition) is 8. The summed E-state index contributed by atoms with van der Waals surface area (Å²) in [6, 6.07) is 11.5. The number of nitrogens with zero attached hydrogens (tertiary/aromatic N) is 7. The molecular formula is C24H28N8O2. The van der Waals surface area contributed by atoms with Crippen molar-refractivity contribution >= 4 is 17.0 Å². The number of likely N-dealkylation sites (tertiary alicyclic amines) is 1. The molecule has 176 valence electrons. The zero-order valence-electron chi connectivity index (χ0n) is 19.0. The van der Waals surface area contributed by atoms with Gasteiger partial charge in [0.05, 0.1) is 19.3 Å². The van der Waals surface area contributed by atoms with Gasteiger partial charge in [-0.25, -0.2) is 14.6 Å². The van der Waals surface area contributed by atoms with Crippen LogP contribution in [-0.4, -0.2) is 79.3 Å². The minimum absolute atomic E-state index is 0.190. The Balaban J connectivity index is 1.33. The summed E-state index contributed by atoms with van der Waals surface area (Å²) in [6.07, 6.45) is 3.94. The summed E-state index contributed by atoms with van der Waals surface area (Å²) in [7, 11) is 0. The van der Waals surface area contributed by atoms with Gasteiger partial charge >= 0.3 is 0 Å². The Hall–Kier alpha value is -3.50. The van der Waals surface area contributed by atoms with Crippen molar-refractivity contribution in [1.82, 2.24) is 34.8 Å². The molecule has 0 bridgehead atoms. The third-order valence-corrected chi connectivity index (χ3v) is 6.68. The molecule has 0 radical (unpaired) electrons. The van der Waals surface area contributed by atoms with Crippen LogP contribution in [0.15, 0.2) is 42.6 Å². The highest BCUT2D eigenvalue weighted by Gasteiger charge is 2.27. The Morgan fingerprint density at radius 3 is 2.65 bits per heavy atom. The predicted molar refractivity (Wildman–Crippen MR) is 128 cm³/mol. The fraction of sp³-hybridized carbons (Fsp3) is 0.417. The number of rotatable bonds is 5. The van der Waals surface area contributed by atoms with Crippen LogP contribution in [0, 0.1) is 0 Å². The van der Waals surface area contributed by atoms with Crippen LogP contribution in [0.4, 0.5) is 5.82 Å². The lowest BCUT2D eigenvalue weighted by Crippen LogP contribution is -2.37. The number of aromatic amines is 1. The van der Waals surface area contributed by atoms with Gasteiger partial charge in [0.1, 0.15) is 5.75 Å². The number of anilines is 1. The van der Waals surface area contributed by atoms with Crippen molar-refractivity contribution in [2.75, 3.05) is 44.3 Å². The summed E-state index contributed by atoms with van der Waals surface area (Å²) in [4.78, 5) is 17.7. The van der Waals surface area contributed by atoms with Gasteiger partial charge in [-0.15, -0.1) is 5.10 Å². The van der Waals surface area contributed by atoms with Crippen molar-refractivity contribution in [3.05, 3.63) is 48.3 Å². The molecule has 0 amide bonds. The summed E-state index contributed by atoms with van der Waals surface area (Å²) in [6.45, 7) is 5.71. The third-order valence-electron chi connectivity index (χ3n) is 6.68. The van der Waals surface area contributed by atoms with E-state index in [2.05, 4.69) is 31.2 Å². The van der Waals surface area contributed by atoms with Crippen molar-refractivity contribution in [1.29, 1.82) is 0 Å². The molecule has 10 heteroatoms. The lowest BCUT2D eigenvalue weighted by molar-refractivity contribution is 0.122. The minimum Gasteiger partial charge on any atom is -0.508 e. The van der Waals surface area contributed by atoms with Crippen LogP contribution < -0.4 is 4.90 Å². The molecule has 2 saturated heterocycles. The van der Waals surface area contributed by atoms with Crippen LogP contribution in [-0.2, 0) is 11.3 Å². The van der Waals surface area contributed by atoms with Crippen LogP contribution in [0.2, 0.25) is 0 Å². The Kier molecular flexibility index (Phi) is 5.60. The normalized spacial score (nSPS) is 18.1. The van der Waals surface area contributed by atoms with Gasteiger partial charge in [0.15, 0.2) is 22.8 Å². The van der Waals surface area contributed by atoms with Gasteiger partial charge in [0.2, 0.25) is 0 Å². The number of hydrogen-bond donors (Lipinski definition) is 2. The van der Waals surface area contributed by atoms with Crippen LogP contribution in [0.1, 0.15) is 24.6 Å². The number of morpholine rings is 1. The molecule has 0 saturated carbocycles. The fourth-order valence-corrected chi connectivity index (χ4v) is 4.86. The van der Waals surface area contributed by atoms with E-state index in [9.17, 15) is 5.11 Å². The molecule has 2 N–H and O–H groups in total. The second-order valence-corrected chi connectivity index (χ2v) is 8.93. The quantitative estimate of drug-likeness (QED) is 0.468. The summed E-state index contributed by atoms with van der Waals surface area (Å²) >= 11 is 0. The number of phenolic OH excluding ortho intramolecular Hbond substituents is 1. The van der Waals surface area contributed by atoms with Crippen LogP contribution in [0.25, 0.3) is 22.6 Å². The summed E-state index contributed by atoms with van der Waals surface area (Å²) in [5.74, 6) is 1.54. The van der Waals surface area contributed by atoms with E-state index in [0.717, 1.165) is 68.1 Å². The molecule has 2 aliphatic heterocycles. The summed E-state index contributed by atoms with van der Waals surface area (Å²) in [5.41, 5.74) is 3.48. The van der Waals surface area contributed by atoms with Crippen LogP contribution in [0.3, 0.4) is 0 Å². The van der Waals surface area contributed by atoms with Crippen molar-refractivity contribution in [2.45, 2.75) is 25.4 Å². The van der Waals surface area contributed by atoms with Gasteiger partial charge in [0, 0.05) is 50.2 Å². The van der Waals surface area contributed by atoms with Gasteiger partial charge in [-0.05, 0) is 37.1 Å². The molecular weight excluding hydrogens is 432 g/mol. The first kappa shape index (κ1) is 21.1. The molecule has 4 aromatic rings. The Morgan fingerprint density at radius 2 is 1.88 bits per heavy atom. The van der Waals surface area contributed by atoms with Crippen LogP contribution in [0.5, 0.6) is 5.75 Å². The fourth-order valence-electron chi connectivity index (χ4n) is 4.86. The van der Waals surface area contributed by atoms with Gasteiger partial charge < -0.3 is 19.7 Å². The van der Waals surface area contributed by atoms with Crippen LogP contribution >= 0.6 is 0 Å². The van der Waals surface area contributed by atoms with E-state index in [4.69, 9.17) is 14.7 Å². The number of aromatic nitrogens is 6. The van der Waals surface area contributed by atoms with E-state index < -0.39 is 0 Å². The number of nitrogens with one attached hydrogen (secondary N) is 1. The smallest absolute Gasteiger partial charge is 0.184 e. The number of aromatic hydroxyl groups is 1. The molecule has 0 aliphatic carbocycles. The molecule has 5 heterocycles. The number of benzene rings is 1. The van der Waals surface area contributed by atoms with E-state index in [1.54, 1.807) is 12.1 Å². The molecule has 3 aromatic heterocycles. The largest absolute Gasteiger partial charge is 0.508 e. The number of fused-ring (bicyclic) bond motifs is 1. The Morgan fingerprint density at radius 1 is 1.03 bits per heavy atom. The highest BCUT2D eigenvalue weighted by Crippen LogP contribution is 2.31. The number of phenols is 1. The Labute approximate surface area is 197 Å². The predicted octanol–water partition coefficient (Wildman–Crippen LogP) is 2.60. The molecule has 0 atom stereocenters. The lowest BCUT2D eigenvalue weighted by Gasteiger charge is -2.31. The Bertz CT molecular complexity index is 1260. The molecule has 2 aliphatic rings. The zero-order valence-corrected chi connectivity index (χ0v) is 19.0. The van der Waals surface area contributed by atoms with E-state index in [0.29, 0.717) is 19.0 Å². The average Bonchev–Trinajstić information content (AvgIpc) is 3.55. The van der Waals surface area contributed by atoms with Gasteiger partial charge in [-0.2, -0.15) is 0 Å². The molecule has 0 spiro atoms. The minimum atomic E-state index is 0.190. The summed E-state index contributed by atoms with van der Waals surface area (Å²) in [5, 5.41) is 19.1. The van der Waals surface area contributed by atoms with Crippen molar-refractivity contribution < 1.29 is 9.84 Å². The van der Waals surface area contributed by atoms with Crippen molar-refractivity contribution in [2.24, 2.45) is 0 Å². The number of piperidine rings is 1. The second kappa shape index (κ2) is 9.03. The monoisotopic (exact) mass is 460 g/mol.